The molecule has 2 rings (SSSR count). The number of carbonyl (C=O) groups excluding carboxylic acids is 1. The van der Waals surface area contributed by atoms with E-state index in [0.29, 0.717) is 13.1 Å². The quantitative estimate of drug-likeness (QED) is 0.874. The van der Waals surface area contributed by atoms with Gasteiger partial charge in [0.25, 0.3) is 0 Å². The zero-order chi connectivity index (χ0) is 13.1. The summed E-state index contributed by atoms with van der Waals surface area (Å²) in [4.78, 5) is 15.7. The number of carbonyl (C=O) groups is 1. The minimum absolute atomic E-state index is 0.0155. The highest BCUT2D eigenvalue weighted by atomic mass is 16.5. The maximum Gasteiger partial charge on any atom is 0.324 e. The number of nitrogens with zero attached hydrogens (tertiary/aromatic N) is 2. The molecule has 1 fully saturated rings. The number of nitrogens with two attached hydrogens (primary N) is 1. The SMILES string of the molecule is COc1cccc(N2CC(CCN)N(C)C2=O)c1. The number of benzene rings is 1. The lowest BCUT2D eigenvalue weighted by Crippen LogP contribution is -2.32. The van der Waals surface area contributed by atoms with Crippen molar-refractivity contribution < 1.29 is 9.53 Å². The van der Waals surface area contributed by atoms with Crippen molar-refractivity contribution in [2.24, 2.45) is 5.73 Å². The molecule has 1 aromatic carbocycles. The summed E-state index contributed by atoms with van der Waals surface area (Å²) < 4.78 is 5.18. The highest BCUT2D eigenvalue weighted by molar-refractivity contribution is 5.94. The highest BCUT2D eigenvalue weighted by Gasteiger charge is 2.34. The Balaban J connectivity index is 2.20. The number of methoxy groups -OCH3 is 1. The minimum atomic E-state index is 0.0155. The van der Waals surface area contributed by atoms with E-state index < -0.39 is 0 Å². The Morgan fingerprint density at radius 1 is 1.50 bits per heavy atom. The van der Waals surface area contributed by atoms with Gasteiger partial charge < -0.3 is 15.4 Å². The molecule has 0 radical (unpaired) electrons. The molecular formula is C13H19N3O2. The molecule has 0 spiro atoms. The lowest BCUT2D eigenvalue weighted by Gasteiger charge is -2.16. The van der Waals surface area contributed by atoms with Crippen molar-refractivity contribution in [3.05, 3.63) is 24.3 Å². The van der Waals surface area contributed by atoms with E-state index in [2.05, 4.69) is 0 Å². The number of hydrogen-bond acceptors (Lipinski definition) is 3. The summed E-state index contributed by atoms with van der Waals surface area (Å²) in [6, 6.07) is 7.74. The Morgan fingerprint density at radius 3 is 2.94 bits per heavy atom. The van der Waals surface area contributed by atoms with Crippen LogP contribution >= 0.6 is 0 Å². The third-order valence-electron chi connectivity index (χ3n) is 3.34. The molecule has 5 nitrogen and oxygen atoms in total. The summed E-state index contributed by atoms with van der Waals surface area (Å²) in [5.41, 5.74) is 6.44. The van der Waals surface area contributed by atoms with Crippen molar-refractivity contribution in [2.75, 3.05) is 32.1 Å². The fraction of sp³-hybridized carbons (Fsp3) is 0.462. The first-order valence-corrected chi connectivity index (χ1v) is 6.06. The van der Waals surface area contributed by atoms with Crippen molar-refractivity contribution in [1.29, 1.82) is 0 Å². The number of amides is 2. The highest BCUT2D eigenvalue weighted by Crippen LogP contribution is 2.26. The topological polar surface area (TPSA) is 58.8 Å². The molecule has 18 heavy (non-hydrogen) atoms. The Kier molecular flexibility index (Phi) is 3.72. The smallest absolute Gasteiger partial charge is 0.324 e. The fourth-order valence-electron chi connectivity index (χ4n) is 2.23. The van der Waals surface area contributed by atoms with Gasteiger partial charge in [-0.05, 0) is 25.1 Å². The number of ether oxygens (including phenoxy) is 1. The number of urea groups is 1. The van der Waals surface area contributed by atoms with Gasteiger partial charge >= 0.3 is 6.03 Å². The summed E-state index contributed by atoms with van der Waals surface area (Å²) in [6.45, 7) is 1.27. The van der Waals surface area contributed by atoms with Crippen LogP contribution < -0.4 is 15.4 Å². The van der Waals surface area contributed by atoms with Gasteiger partial charge in [-0.1, -0.05) is 6.07 Å². The number of anilines is 1. The maximum absolute atomic E-state index is 12.2. The van der Waals surface area contributed by atoms with Gasteiger partial charge in [-0.15, -0.1) is 0 Å². The van der Waals surface area contributed by atoms with Crippen LogP contribution in [0.2, 0.25) is 0 Å². The average molecular weight is 249 g/mol. The molecule has 0 aromatic heterocycles. The summed E-state index contributed by atoms with van der Waals surface area (Å²) in [5.74, 6) is 0.755. The predicted octanol–water partition coefficient (Wildman–Crippen LogP) is 1.28. The third-order valence-corrected chi connectivity index (χ3v) is 3.34. The standard InChI is InChI=1S/C13H19N3O2/c1-15-11(6-7-14)9-16(13(15)17)10-4-3-5-12(8-10)18-2/h3-5,8,11H,6-7,9,14H2,1-2H3. The van der Waals surface area contributed by atoms with E-state index in [1.165, 1.54) is 0 Å². The van der Waals surface area contributed by atoms with E-state index in [4.69, 9.17) is 10.5 Å². The van der Waals surface area contributed by atoms with E-state index in [1.54, 1.807) is 16.9 Å². The first-order chi connectivity index (χ1) is 8.67. The molecule has 1 heterocycles. The summed E-state index contributed by atoms with van der Waals surface area (Å²) in [5, 5.41) is 0. The second kappa shape index (κ2) is 5.27. The molecule has 1 atom stereocenters. The van der Waals surface area contributed by atoms with Crippen LogP contribution in [0.25, 0.3) is 0 Å². The van der Waals surface area contributed by atoms with Gasteiger partial charge in [-0.25, -0.2) is 4.79 Å². The second-order valence-corrected chi connectivity index (χ2v) is 4.44. The summed E-state index contributed by atoms with van der Waals surface area (Å²) in [6.07, 6.45) is 0.822. The van der Waals surface area contributed by atoms with Gasteiger partial charge in [0.1, 0.15) is 5.75 Å². The molecule has 1 aliphatic heterocycles. The molecule has 2 amide bonds. The van der Waals surface area contributed by atoms with Gasteiger partial charge in [-0.2, -0.15) is 0 Å². The van der Waals surface area contributed by atoms with Crippen LogP contribution in [0.15, 0.2) is 24.3 Å². The van der Waals surface area contributed by atoms with Gasteiger partial charge in [0, 0.05) is 25.3 Å². The van der Waals surface area contributed by atoms with Crippen LogP contribution in [0.3, 0.4) is 0 Å². The first-order valence-electron chi connectivity index (χ1n) is 6.06. The van der Waals surface area contributed by atoms with Gasteiger partial charge in [0.2, 0.25) is 0 Å². The van der Waals surface area contributed by atoms with Gasteiger partial charge in [0.05, 0.1) is 13.2 Å². The second-order valence-electron chi connectivity index (χ2n) is 4.44. The molecule has 0 bridgehead atoms. The van der Waals surface area contributed by atoms with Gasteiger partial charge in [0.15, 0.2) is 0 Å². The van der Waals surface area contributed by atoms with Crippen molar-refractivity contribution in [3.8, 4) is 5.75 Å². The lowest BCUT2D eigenvalue weighted by atomic mass is 10.2. The third kappa shape index (κ3) is 2.26. The monoisotopic (exact) mass is 249 g/mol. The predicted molar refractivity (Wildman–Crippen MR) is 71.0 cm³/mol. The van der Waals surface area contributed by atoms with Crippen LogP contribution in [0.5, 0.6) is 5.75 Å². The molecule has 5 heteroatoms. The van der Waals surface area contributed by atoms with Crippen LogP contribution in [-0.2, 0) is 0 Å². The van der Waals surface area contributed by atoms with Gasteiger partial charge in [-0.3, -0.25) is 4.90 Å². The van der Waals surface area contributed by atoms with E-state index in [9.17, 15) is 4.79 Å². The molecule has 1 aliphatic rings. The van der Waals surface area contributed by atoms with Crippen LogP contribution in [-0.4, -0.2) is 44.2 Å². The zero-order valence-electron chi connectivity index (χ0n) is 10.8. The molecule has 0 aliphatic carbocycles. The van der Waals surface area contributed by atoms with Crippen LogP contribution in [0.4, 0.5) is 10.5 Å². The van der Waals surface area contributed by atoms with E-state index in [0.717, 1.165) is 17.9 Å². The Morgan fingerprint density at radius 2 is 2.28 bits per heavy atom. The van der Waals surface area contributed by atoms with E-state index in [1.807, 2.05) is 31.3 Å². The van der Waals surface area contributed by atoms with Crippen LogP contribution in [0, 0.1) is 0 Å². The molecule has 98 valence electrons. The molecule has 2 N–H and O–H groups in total. The van der Waals surface area contributed by atoms with Crippen molar-refractivity contribution in [3.63, 3.8) is 0 Å². The summed E-state index contributed by atoms with van der Waals surface area (Å²) >= 11 is 0. The first kappa shape index (κ1) is 12.7. The summed E-state index contributed by atoms with van der Waals surface area (Å²) in [7, 11) is 3.44. The van der Waals surface area contributed by atoms with Crippen molar-refractivity contribution in [2.45, 2.75) is 12.5 Å². The van der Waals surface area contributed by atoms with Crippen molar-refractivity contribution in [1.82, 2.24) is 4.90 Å². The number of hydrogen-bond donors (Lipinski definition) is 1. The average Bonchev–Trinajstić information content (AvgIpc) is 2.68. The fourth-order valence-corrected chi connectivity index (χ4v) is 2.23. The Hall–Kier alpha value is -1.75. The maximum atomic E-state index is 12.2. The van der Waals surface area contributed by atoms with Crippen molar-refractivity contribution >= 4 is 11.7 Å². The number of likely N-dealkylation sites (N-methyl/N-ethyl adjacent to an activating group) is 1. The molecule has 1 aromatic rings. The van der Waals surface area contributed by atoms with E-state index >= 15 is 0 Å². The zero-order valence-corrected chi connectivity index (χ0v) is 10.8. The molecule has 0 saturated carbocycles. The Labute approximate surface area is 107 Å². The lowest BCUT2D eigenvalue weighted by molar-refractivity contribution is 0.217. The number of rotatable bonds is 4. The molecule has 1 unspecified atom stereocenters. The minimum Gasteiger partial charge on any atom is -0.497 e. The normalized spacial score (nSPS) is 19.5. The molecule has 1 saturated heterocycles. The van der Waals surface area contributed by atoms with Crippen LogP contribution in [0.1, 0.15) is 6.42 Å². The Bertz CT molecular complexity index is 436. The largest absolute Gasteiger partial charge is 0.497 e. The van der Waals surface area contributed by atoms with E-state index in [-0.39, 0.29) is 12.1 Å². The molecular weight excluding hydrogens is 230 g/mol.